The van der Waals surface area contributed by atoms with Crippen LogP contribution in [0.15, 0.2) is 264 Å². The number of nitrogens with zero attached hydrogens (tertiary/aromatic N) is 20. The second kappa shape index (κ2) is 34.6. The van der Waals surface area contributed by atoms with Crippen molar-refractivity contribution in [2.45, 2.75) is 70.9 Å². The first kappa shape index (κ1) is 66.5. The first-order chi connectivity index (χ1) is 64.2. The highest BCUT2D eigenvalue weighted by atomic mass is 19.1. The molecule has 0 aliphatic heterocycles. The van der Waals surface area contributed by atoms with E-state index in [4.69, 9.17) is 15.1 Å². The van der Waals surface area contributed by atoms with Gasteiger partial charge in [0.05, 0.1) is 101 Å². The fourth-order valence-electron chi connectivity index (χ4n) is 13.7. The number of fused-ring (bicyclic) bond motifs is 8. The van der Waals surface area contributed by atoms with Gasteiger partial charge in [-0.15, -0.1) is 0 Å². The number of imidazole rings is 4. The predicted octanol–water partition coefficient (Wildman–Crippen LogP) is 14.6. The Balaban J connectivity index is 0.000000125. The summed E-state index contributed by atoms with van der Waals surface area (Å²) in [5.41, 5.74) is 2.80. The molecule has 123 heavy (non-hydrogen) atoms. The molecular formula is C87H70F4N28O4. The van der Waals surface area contributed by atoms with Crippen LogP contribution >= 0.6 is 0 Å². The van der Waals surface area contributed by atoms with E-state index in [-0.39, 0.29) is 85.0 Å². The second-order valence-corrected chi connectivity index (χ2v) is 26.8. The lowest BCUT2D eigenvalue weighted by Gasteiger charge is -2.22. The molecule has 0 radical (unpaired) electrons. The van der Waals surface area contributed by atoms with Crippen LogP contribution in [0.2, 0.25) is 0 Å². The lowest BCUT2D eigenvalue weighted by molar-refractivity contribution is 0.628. The standard InChI is InChI=1S/3C22H18FN7O.C21H16FN7O/c3*1-2-15(28-20-18-19(25-11-24-18)26-12-27-20)21-29-16-10-6-9-14(23)17(16)22(31)30(21)13-7-4-3-5-8-13;1-12(27-19-17-18(24-10-23-17)25-11-26-19)20-28-16-8-7-13(22)9-15(16)21(30)29(20)14-5-3-2-4-6-14/h3*3-12,15H,2H2,1H3,(H2,24,25,26,27,28);2-12H,1H3,(H2,23,24,25,26,27)/t3*15-;12-/m0000/s1/i1D3,2D2;2D2;1D3;12D. The van der Waals surface area contributed by atoms with Crippen molar-refractivity contribution in [1.82, 2.24) is 118 Å². The predicted molar refractivity (Wildman–Crippen MR) is 458 cm³/mol. The van der Waals surface area contributed by atoms with E-state index >= 15 is 0 Å². The molecule has 36 heteroatoms. The van der Waals surface area contributed by atoms with Gasteiger partial charge in [-0.1, -0.05) is 112 Å². The Morgan fingerprint density at radius 2 is 0.699 bits per heavy atom. The maximum atomic E-state index is 14.7. The van der Waals surface area contributed by atoms with Crippen LogP contribution in [0.5, 0.6) is 0 Å². The lowest BCUT2D eigenvalue weighted by atomic mass is 10.1. The molecule has 0 unspecified atom stereocenters. The maximum absolute atomic E-state index is 14.7. The molecule has 0 aliphatic rings. The van der Waals surface area contributed by atoms with Crippen molar-refractivity contribution >= 4 is 112 Å². The monoisotopic (exact) mass is 1660 g/mol. The molecule has 0 fully saturated rings. The van der Waals surface area contributed by atoms with Crippen molar-refractivity contribution in [2.75, 3.05) is 21.3 Å². The van der Waals surface area contributed by atoms with Crippen LogP contribution in [0, 0.1) is 23.3 Å². The summed E-state index contributed by atoms with van der Waals surface area (Å²) in [5, 5.41) is 11.5. The molecule has 12 aromatic heterocycles. The van der Waals surface area contributed by atoms with E-state index in [0.717, 1.165) is 16.7 Å². The Labute approximate surface area is 707 Å². The van der Waals surface area contributed by atoms with Crippen LogP contribution in [0.3, 0.4) is 0 Å². The average molecular weight is 1660 g/mol. The summed E-state index contributed by atoms with van der Waals surface area (Å²) < 4.78 is 153. The normalized spacial score (nSPS) is 14.3. The molecule has 20 aromatic rings. The fourth-order valence-corrected chi connectivity index (χ4v) is 13.7. The maximum Gasteiger partial charge on any atom is 0.269 e. The van der Waals surface area contributed by atoms with Crippen molar-refractivity contribution in [2.24, 2.45) is 0 Å². The summed E-state index contributed by atoms with van der Waals surface area (Å²) in [6.45, 7) is -2.60. The number of anilines is 4. The van der Waals surface area contributed by atoms with Gasteiger partial charge in [-0.05, 0) is 129 Å². The Morgan fingerprint density at radius 1 is 0.366 bits per heavy atom. The zero-order chi connectivity index (χ0) is 94.3. The molecule has 8 aromatic carbocycles. The summed E-state index contributed by atoms with van der Waals surface area (Å²) in [6.07, 6.45) is 5.60. The third-order valence-corrected chi connectivity index (χ3v) is 19.4. The quantitative estimate of drug-likeness (QED) is 0.0349. The molecule has 12 heterocycles. The zero-order valence-electron chi connectivity index (χ0n) is 75.1. The first-order valence-electron chi connectivity index (χ1n) is 42.9. The average Bonchev–Trinajstić information content (AvgIpc) is 0.976. The molecule has 4 atom stereocenters. The van der Waals surface area contributed by atoms with Gasteiger partial charge in [-0.25, -0.2) is 97.3 Å². The van der Waals surface area contributed by atoms with E-state index in [9.17, 15) is 36.7 Å². The van der Waals surface area contributed by atoms with Gasteiger partial charge in [-0.3, -0.25) is 37.4 Å². The minimum absolute atomic E-state index is 0.0452. The second-order valence-electron chi connectivity index (χ2n) is 26.8. The van der Waals surface area contributed by atoms with Gasteiger partial charge in [0, 0.05) is 13.7 Å². The van der Waals surface area contributed by atoms with Gasteiger partial charge in [0.1, 0.15) is 110 Å². The number of benzene rings is 8. The van der Waals surface area contributed by atoms with Crippen molar-refractivity contribution in [3.05, 3.63) is 333 Å². The fraction of sp³-hybridized carbons (Fsp3) is 0.126. The molecule has 0 aliphatic carbocycles. The van der Waals surface area contributed by atoms with Crippen LogP contribution in [-0.4, -0.2) is 118 Å². The summed E-state index contributed by atoms with van der Waals surface area (Å²) in [4.78, 5) is 133. The summed E-state index contributed by atoms with van der Waals surface area (Å²) in [6, 6.07) is 44.7. The Kier molecular flexibility index (Phi) is 18.7. The molecule has 0 amide bonds. The van der Waals surface area contributed by atoms with Crippen LogP contribution < -0.4 is 43.5 Å². The van der Waals surface area contributed by atoms with Crippen molar-refractivity contribution in [1.29, 1.82) is 0 Å². The number of nitrogens with one attached hydrogen (secondary N) is 8. The molecule has 8 N–H and O–H groups in total. The molecule has 32 nitrogen and oxygen atoms in total. The topological polar surface area (TPSA) is 406 Å². The van der Waals surface area contributed by atoms with E-state index in [1.165, 1.54) is 132 Å². The third kappa shape index (κ3) is 15.7. The van der Waals surface area contributed by atoms with Crippen molar-refractivity contribution < 1.29 is 32.6 Å². The van der Waals surface area contributed by atoms with Gasteiger partial charge in [0.2, 0.25) is 0 Å². The molecule has 0 saturated heterocycles. The van der Waals surface area contributed by atoms with E-state index in [1.807, 2.05) is 6.07 Å². The lowest BCUT2D eigenvalue weighted by Crippen LogP contribution is -2.28. The molecule has 0 saturated carbocycles. The van der Waals surface area contributed by atoms with Crippen LogP contribution in [0.1, 0.15) is 109 Å². The highest BCUT2D eigenvalue weighted by Crippen LogP contribution is 2.33. The Hall–Kier alpha value is -16.6. The Morgan fingerprint density at radius 3 is 1.06 bits per heavy atom. The largest absolute Gasteiger partial charge is 0.358 e. The van der Waals surface area contributed by atoms with Gasteiger partial charge in [0.15, 0.2) is 45.9 Å². The number of hydrogen-bond donors (Lipinski definition) is 8. The molecule has 0 bridgehead atoms. The van der Waals surface area contributed by atoms with Crippen molar-refractivity contribution in [3.63, 3.8) is 0 Å². The summed E-state index contributed by atoms with van der Waals surface area (Å²) >= 11 is 0. The van der Waals surface area contributed by atoms with E-state index < -0.39 is 96.1 Å². The SMILES string of the molecule is [2H]C([2H])(C)[C@H](Nc1ncnc2nc[nH]c12)c1nc2cccc(F)c2c(=O)n1-c1ccccc1.[2H]C([2H])([2H])C([2H])([2H])[C@H](Nc1ncnc2nc[nH]c12)c1nc2cccc(F)c2c(=O)n1-c1ccccc1.[2H]C([2H])([2H])C[C@H](Nc1ncnc2nc[nH]c12)c1nc2cccc(F)c2c(=O)n1-c1ccccc1.[2H][C@@](C)(Nc1ncnc2nc[nH]c12)c1nc2ccc(F)cc2c(=O)n1-c1ccccc1. The summed E-state index contributed by atoms with van der Waals surface area (Å²) in [5.74, 6) is -1.75. The minimum atomic E-state index is -3.15. The van der Waals surface area contributed by atoms with Gasteiger partial charge < -0.3 is 41.2 Å². The van der Waals surface area contributed by atoms with Crippen LogP contribution in [-0.2, 0) is 0 Å². The van der Waals surface area contributed by atoms with Gasteiger partial charge >= 0.3 is 0 Å². The number of halogens is 4. The number of rotatable bonds is 19. The number of H-pyrrole nitrogens is 4. The molecule has 0 spiro atoms. The molecule has 20 rings (SSSR count). The first-order valence-corrected chi connectivity index (χ1v) is 37.4. The number of aromatic amines is 4. The summed E-state index contributed by atoms with van der Waals surface area (Å²) in [7, 11) is 0. The van der Waals surface area contributed by atoms with Gasteiger partial charge in [-0.2, -0.15) is 0 Å². The molecule has 610 valence electrons. The van der Waals surface area contributed by atoms with Crippen LogP contribution in [0.4, 0.5) is 40.8 Å². The van der Waals surface area contributed by atoms with E-state index in [2.05, 4.69) is 121 Å². The Bertz CT molecular complexity index is 8070. The third-order valence-electron chi connectivity index (χ3n) is 19.4. The smallest absolute Gasteiger partial charge is 0.269 e. The number of aromatic nitrogens is 24. The number of hydrogen-bond acceptors (Lipinski definition) is 24. The zero-order valence-corrected chi connectivity index (χ0v) is 64.1. The number of para-hydroxylation sites is 4. The minimum Gasteiger partial charge on any atom is -0.358 e. The highest BCUT2D eigenvalue weighted by molar-refractivity contribution is 5.87. The van der Waals surface area contributed by atoms with Crippen molar-refractivity contribution in [3.8, 4) is 22.7 Å². The molecular weight excluding hydrogens is 1580 g/mol. The van der Waals surface area contributed by atoms with Crippen LogP contribution in [0.25, 0.3) is 111 Å². The van der Waals surface area contributed by atoms with Gasteiger partial charge in [0.25, 0.3) is 22.2 Å². The van der Waals surface area contributed by atoms with E-state index in [0.29, 0.717) is 79.0 Å². The highest BCUT2D eigenvalue weighted by Gasteiger charge is 2.28. The van der Waals surface area contributed by atoms with E-state index in [1.54, 1.807) is 122 Å².